The number of ether oxygens (including phenoxy) is 1. The molecule has 0 aliphatic carbocycles. The van der Waals surface area contributed by atoms with Crippen molar-refractivity contribution < 1.29 is 24.0 Å². The van der Waals surface area contributed by atoms with Crippen LogP contribution in [0.5, 0.6) is 5.75 Å². The van der Waals surface area contributed by atoms with E-state index in [-0.39, 0.29) is 29.9 Å². The Balaban J connectivity index is 1.44. The number of hydrogen-bond acceptors (Lipinski definition) is 6. The third-order valence-electron chi connectivity index (χ3n) is 5.36. The van der Waals surface area contributed by atoms with E-state index in [9.17, 15) is 24.5 Å². The van der Waals surface area contributed by atoms with Gasteiger partial charge in [-0.15, -0.1) is 0 Å². The number of likely N-dealkylation sites (tertiary alicyclic amines) is 1. The summed E-state index contributed by atoms with van der Waals surface area (Å²) in [5, 5.41) is 18.7. The number of nitro benzene ring substituents is 1. The lowest BCUT2D eigenvalue weighted by molar-refractivity contribution is -0.383. The van der Waals surface area contributed by atoms with Crippen molar-refractivity contribution in [2.45, 2.75) is 12.8 Å². The highest BCUT2D eigenvalue weighted by Gasteiger charge is 2.25. The van der Waals surface area contributed by atoms with Gasteiger partial charge < -0.3 is 25.6 Å². The Bertz CT molecular complexity index is 1040. The third-order valence-corrected chi connectivity index (χ3v) is 5.36. The van der Waals surface area contributed by atoms with Crippen LogP contribution in [0.25, 0.3) is 0 Å². The molecule has 1 saturated heterocycles. The highest BCUT2D eigenvalue weighted by atomic mass is 16.6. The number of amides is 4. The van der Waals surface area contributed by atoms with E-state index in [0.717, 1.165) is 0 Å². The molecule has 0 atom stereocenters. The number of piperidine rings is 1. The van der Waals surface area contributed by atoms with E-state index >= 15 is 0 Å². The molecule has 4 amide bonds. The summed E-state index contributed by atoms with van der Waals surface area (Å²) in [5.41, 5.74) is 0.249. The number of nitrogens with one attached hydrogen (secondary N) is 3. The molecule has 0 bridgehead atoms. The minimum atomic E-state index is -0.974. The van der Waals surface area contributed by atoms with Crippen LogP contribution in [-0.4, -0.2) is 54.4 Å². The quantitative estimate of drug-likeness (QED) is 0.347. The molecule has 33 heavy (non-hydrogen) atoms. The van der Waals surface area contributed by atoms with Gasteiger partial charge in [0, 0.05) is 25.7 Å². The average molecular weight is 455 g/mol. The molecule has 0 spiro atoms. The van der Waals surface area contributed by atoms with Gasteiger partial charge in [0.15, 0.2) is 0 Å². The molecule has 1 aliphatic rings. The molecule has 0 unspecified atom stereocenters. The Kier molecular flexibility index (Phi) is 7.79. The molecule has 1 aliphatic heterocycles. The fraction of sp³-hybridized carbons (Fsp3) is 0.318. The molecule has 11 heteroatoms. The Labute approximate surface area is 190 Å². The Morgan fingerprint density at radius 2 is 1.64 bits per heavy atom. The lowest BCUT2D eigenvalue weighted by atomic mass is 9.97. The predicted molar refractivity (Wildman–Crippen MR) is 121 cm³/mol. The SMILES string of the molecule is COc1ccccc1NC(=O)N1CCC(CNC(=O)C(=O)Nc2ccccc2[N+](=O)[O-])CC1. The number of carbonyl (C=O) groups is 3. The van der Waals surface area contributed by atoms with Crippen molar-refractivity contribution >= 4 is 34.9 Å². The summed E-state index contributed by atoms with van der Waals surface area (Å²) >= 11 is 0. The Hall–Kier alpha value is -4.15. The normalized spacial score (nSPS) is 13.7. The highest BCUT2D eigenvalue weighted by Crippen LogP contribution is 2.25. The van der Waals surface area contributed by atoms with Crippen LogP contribution in [0.15, 0.2) is 48.5 Å². The van der Waals surface area contributed by atoms with E-state index in [1.807, 2.05) is 6.07 Å². The Morgan fingerprint density at radius 3 is 2.30 bits per heavy atom. The van der Waals surface area contributed by atoms with Crippen molar-refractivity contribution in [2.75, 3.05) is 37.4 Å². The fourth-order valence-electron chi connectivity index (χ4n) is 3.52. The number of urea groups is 1. The van der Waals surface area contributed by atoms with Crippen LogP contribution >= 0.6 is 0 Å². The van der Waals surface area contributed by atoms with E-state index in [1.165, 1.54) is 31.4 Å². The number of carbonyl (C=O) groups excluding carboxylic acids is 3. The van der Waals surface area contributed by atoms with Crippen molar-refractivity contribution in [3.63, 3.8) is 0 Å². The fourth-order valence-corrected chi connectivity index (χ4v) is 3.52. The van der Waals surface area contributed by atoms with E-state index in [0.29, 0.717) is 37.4 Å². The summed E-state index contributed by atoms with van der Waals surface area (Å²) in [6, 6.07) is 12.5. The first kappa shape index (κ1) is 23.5. The first-order valence-corrected chi connectivity index (χ1v) is 10.4. The molecule has 1 heterocycles. The molecular formula is C22H25N5O6. The zero-order valence-electron chi connectivity index (χ0n) is 18.1. The van der Waals surface area contributed by atoms with Crippen LogP contribution in [0.3, 0.4) is 0 Å². The number of benzene rings is 2. The van der Waals surface area contributed by atoms with Gasteiger partial charge in [-0.05, 0) is 37.0 Å². The zero-order valence-corrected chi connectivity index (χ0v) is 18.1. The lowest BCUT2D eigenvalue weighted by Crippen LogP contribution is -2.44. The highest BCUT2D eigenvalue weighted by molar-refractivity contribution is 6.39. The van der Waals surface area contributed by atoms with Gasteiger partial charge in [-0.25, -0.2) is 4.79 Å². The molecule has 11 nitrogen and oxygen atoms in total. The zero-order chi connectivity index (χ0) is 23.8. The van der Waals surface area contributed by atoms with E-state index < -0.39 is 16.7 Å². The Morgan fingerprint density at radius 1 is 1.00 bits per heavy atom. The first-order chi connectivity index (χ1) is 15.9. The molecule has 3 rings (SSSR count). The number of methoxy groups -OCH3 is 1. The van der Waals surface area contributed by atoms with Gasteiger partial charge in [0.1, 0.15) is 11.4 Å². The van der Waals surface area contributed by atoms with Crippen LogP contribution in [-0.2, 0) is 9.59 Å². The summed E-state index contributed by atoms with van der Waals surface area (Å²) < 4.78 is 5.24. The van der Waals surface area contributed by atoms with E-state index in [1.54, 1.807) is 23.1 Å². The maximum atomic E-state index is 12.5. The number of nitrogens with zero attached hydrogens (tertiary/aromatic N) is 2. The molecule has 3 N–H and O–H groups in total. The standard InChI is InChI=1S/C22H25N5O6/c1-33-19-9-5-3-7-17(19)25-22(30)26-12-10-15(11-13-26)14-23-20(28)21(29)24-16-6-2-4-8-18(16)27(31)32/h2-9,15H,10-14H2,1H3,(H,23,28)(H,24,29)(H,25,30). The van der Waals surface area contributed by atoms with E-state index in [2.05, 4.69) is 16.0 Å². The van der Waals surface area contributed by atoms with Crippen LogP contribution < -0.4 is 20.7 Å². The minimum Gasteiger partial charge on any atom is -0.495 e. The third kappa shape index (κ3) is 6.19. The number of para-hydroxylation sites is 4. The molecular weight excluding hydrogens is 430 g/mol. The van der Waals surface area contributed by atoms with Gasteiger partial charge in [-0.3, -0.25) is 19.7 Å². The van der Waals surface area contributed by atoms with Crippen molar-refractivity contribution in [3.8, 4) is 5.75 Å². The van der Waals surface area contributed by atoms with Crippen LogP contribution in [0, 0.1) is 16.0 Å². The smallest absolute Gasteiger partial charge is 0.321 e. The number of nitro groups is 1. The van der Waals surface area contributed by atoms with Crippen LogP contribution in [0.1, 0.15) is 12.8 Å². The van der Waals surface area contributed by atoms with Gasteiger partial charge in [0.05, 0.1) is 17.7 Å². The lowest BCUT2D eigenvalue weighted by Gasteiger charge is -2.32. The number of hydrogen-bond donors (Lipinski definition) is 3. The average Bonchev–Trinajstić information content (AvgIpc) is 2.83. The second kappa shape index (κ2) is 10.9. The van der Waals surface area contributed by atoms with Gasteiger partial charge in [0.2, 0.25) is 0 Å². The molecule has 0 aromatic heterocycles. The van der Waals surface area contributed by atoms with Crippen LogP contribution in [0.4, 0.5) is 21.9 Å². The minimum absolute atomic E-state index is 0.0444. The predicted octanol–water partition coefficient (Wildman–Crippen LogP) is 2.60. The molecule has 2 aromatic rings. The topological polar surface area (TPSA) is 143 Å². The van der Waals surface area contributed by atoms with Crippen molar-refractivity contribution in [1.82, 2.24) is 10.2 Å². The van der Waals surface area contributed by atoms with Crippen molar-refractivity contribution in [3.05, 3.63) is 58.6 Å². The molecule has 2 aromatic carbocycles. The molecule has 1 fully saturated rings. The second-order valence-corrected chi connectivity index (χ2v) is 7.50. The monoisotopic (exact) mass is 455 g/mol. The van der Waals surface area contributed by atoms with Crippen LogP contribution in [0.2, 0.25) is 0 Å². The molecule has 174 valence electrons. The van der Waals surface area contributed by atoms with Crippen molar-refractivity contribution in [1.29, 1.82) is 0 Å². The summed E-state index contributed by atoms with van der Waals surface area (Å²) in [6.45, 7) is 1.28. The summed E-state index contributed by atoms with van der Waals surface area (Å²) in [5.74, 6) is -1.17. The largest absolute Gasteiger partial charge is 0.495 e. The molecule has 0 saturated carbocycles. The molecule has 0 radical (unpaired) electrons. The maximum absolute atomic E-state index is 12.5. The van der Waals surface area contributed by atoms with Gasteiger partial charge in [0.25, 0.3) is 5.69 Å². The second-order valence-electron chi connectivity index (χ2n) is 7.50. The van der Waals surface area contributed by atoms with Gasteiger partial charge >= 0.3 is 17.8 Å². The van der Waals surface area contributed by atoms with Crippen molar-refractivity contribution in [2.24, 2.45) is 5.92 Å². The maximum Gasteiger partial charge on any atom is 0.321 e. The van der Waals surface area contributed by atoms with E-state index in [4.69, 9.17) is 4.74 Å². The first-order valence-electron chi connectivity index (χ1n) is 10.4. The van der Waals surface area contributed by atoms with Gasteiger partial charge in [-0.1, -0.05) is 24.3 Å². The van der Waals surface area contributed by atoms with Gasteiger partial charge in [-0.2, -0.15) is 0 Å². The summed E-state index contributed by atoms with van der Waals surface area (Å²) in [6.07, 6.45) is 1.32. The summed E-state index contributed by atoms with van der Waals surface area (Å²) in [7, 11) is 1.53. The summed E-state index contributed by atoms with van der Waals surface area (Å²) in [4.78, 5) is 48.9. The number of rotatable bonds is 6. The number of anilines is 2.